The molecule has 1 aromatic heterocycles. The minimum Gasteiger partial charge on any atom is -0.492 e. The number of nitrogens with one attached hydrogen (secondary N) is 2. The normalized spacial score (nSPS) is 10.1. The summed E-state index contributed by atoms with van der Waals surface area (Å²) in [6.07, 6.45) is 2.35. The maximum atomic E-state index is 13.2. The maximum Gasteiger partial charge on any atom is 0.319 e. The predicted molar refractivity (Wildman–Crippen MR) is 82.5 cm³/mol. The molecule has 0 unspecified atom stereocenters. The lowest BCUT2D eigenvalue weighted by Gasteiger charge is -2.12. The minimum atomic E-state index is -0.412. The Labute approximate surface area is 128 Å². The van der Waals surface area contributed by atoms with Crippen molar-refractivity contribution >= 4 is 11.7 Å². The number of urea groups is 1. The van der Waals surface area contributed by atoms with Crippen LogP contribution in [0.5, 0.6) is 5.75 Å². The molecule has 0 aliphatic carbocycles. The molecule has 0 saturated carbocycles. The third-order valence-corrected chi connectivity index (χ3v) is 2.88. The van der Waals surface area contributed by atoms with Crippen molar-refractivity contribution in [1.29, 1.82) is 0 Å². The molecule has 0 atom stereocenters. The zero-order valence-corrected chi connectivity index (χ0v) is 12.3. The fraction of sp³-hybridized carbons (Fsp3) is 0.250. The lowest BCUT2D eigenvalue weighted by Crippen LogP contribution is -2.30. The van der Waals surface area contributed by atoms with Crippen LogP contribution in [0.3, 0.4) is 0 Å². The molecule has 22 heavy (non-hydrogen) atoms. The molecule has 0 spiro atoms. The van der Waals surface area contributed by atoms with Crippen LogP contribution < -0.4 is 15.4 Å². The van der Waals surface area contributed by atoms with E-state index in [4.69, 9.17) is 4.74 Å². The average Bonchev–Trinajstić information content (AvgIpc) is 2.51. The Kier molecular flexibility index (Phi) is 5.71. The van der Waals surface area contributed by atoms with Crippen molar-refractivity contribution in [1.82, 2.24) is 10.3 Å². The minimum absolute atomic E-state index is 0.308. The summed E-state index contributed by atoms with van der Waals surface area (Å²) in [5, 5.41) is 5.37. The van der Waals surface area contributed by atoms with Crippen LogP contribution >= 0.6 is 0 Å². The zero-order chi connectivity index (χ0) is 15.8. The predicted octanol–water partition coefficient (Wildman–Crippen LogP) is 2.98. The van der Waals surface area contributed by atoms with Gasteiger partial charge in [-0.25, -0.2) is 9.18 Å². The van der Waals surface area contributed by atoms with Crippen molar-refractivity contribution in [2.75, 3.05) is 18.5 Å². The lowest BCUT2D eigenvalue weighted by molar-refractivity contribution is 0.252. The number of anilines is 1. The van der Waals surface area contributed by atoms with Gasteiger partial charge in [0.15, 0.2) is 0 Å². The quantitative estimate of drug-likeness (QED) is 0.862. The second-order valence-electron chi connectivity index (χ2n) is 4.53. The van der Waals surface area contributed by atoms with Crippen LogP contribution in [0.2, 0.25) is 0 Å². The molecule has 2 amide bonds. The van der Waals surface area contributed by atoms with E-state index < -0.39 is 5.82 Å². The molecule has 6 heteroatoms. The number of pyridine rings is 1. The monoisotopic (exact) mass is 303 g/mol. The van der Waals surface area contributed by atoms with Gasteiger partial charge in [-0.1, -0.05) is 6.07 Å². The van der Waals surface area contributed by atoms with Crippen molar-refractivity contribution in [3.8, 4) is 5.75 Å². The number of amides is 2. The summed E-state index contributed by atoms with van der Waals surface area (Å²) >= 11 is 0. The first-order valence-electron chi connectivity index (χ1n) is 7.06. The van der Waals surface area contributed by atoms with Gasteiger partial charge in [0.25, 0.3) is 0 Å². The van der Waals surface area contributed by atoms with Gasteiger partial charge in [0, 0.05) is 30.9 Å². The zero-order valence-electron chi connectivity index (χ0n) is 12.3. The first-order chi connectivity index (χ1) is 10.7. The van der Waals surface area contributed by atoms with E-state index in [1.54, 1.807) is 13.1 Å². The van der Waals surface area contributed by atoms with Crippen LogP contribution in [0.15, 0.2) is 42.6 Å². The van der Waals surface area contributed by atoms with Gasteiger partial charge < -0.3 is 15.4 Å². The Balaban J connectivity index is 1.86. The first kappa shape index (κ1) is 15.8. The number of halogens is 1. The Bertz CT molecular complexity index is 620. The van der Waals surface area contributed by atoms with Gasteiger partial charge in [0.05, 0.1) is 12.3 Å². The summed E-state index contributed by atoms with van der Waals surface area (Å²) in [5.74, 6) is -0.105. The van der Waals surface area contributed by atoms with Gasteiger partial charge in [0.1, 0.15) is 11.6 Å². The maximum absolute atomic E-state index is 13.2. The fourth-order valence-corrected chi connectivity index (χ4v) is 1.89. The van der Waals surface area contributed by atoms with E-state index in [9.17, 15) is 9.18 Å². The molecule has 2 aromatic rings. The van der Waals surface area contributed by atoms with E-state index in [0.717, 1.165) is 5.69 Å². The first-order valence-corrected chi connectivity index (χ1v) is 7.06. The van der Waals surface area contributed by atoms with E-state index in [1.165, 1.54) is 18.2 Å². The summed E-state index contributed by atoms with van der Waals surface area (Å²) < 4.78 is 18.5. The molecule has 0 saturated heterocycles. The van der Waals surface area contributed by atoms with Crippen LogP contribution in [0.25, 0.3) is 0 Å². The molecular formula is C16H18FN3O2. The molecule has 0 aliphatic heterocycles. The van der Waals surface area contributed by atoms with Crippen molar-refractivity contribution in [2.45, 2.75) is 13.3 Å². The molecule has 116 valence electrons. The van der Waals surface area contributed by atoms with E-state index in [0.29, 0.717) is 31.0 Å². The molecule has 1 aromatic carbocycles. The van der Waals surface area contributed by atoms with E-state index in [1.807, 2.05) is 18.2 Å². The Morgan fingerprint density at radius 2 is 2.18 bits per heavy atom. The van der Waals surface area contributed by atoms with Gasteiger partial charge >= 0.3 is 6.03 Å². The van der Waals surface area contributed by atoms with Crippen molar-refractivity contribution in [3.05, 3.63) is 54.1 Å². The number of carbonyl (C=O) groups excluding carboxylic acids is 1. The van der Waals surface area contributed by atoms with E-state index >= 15 is 0 Å². The molecule has 0 fully saturated rings. The number of aromatic nitrogens is 1. The second-order valence-corrected chi connectivity index (χ2v) is 4.53. The molecule has 2 N–H and O–H groups in total. The largest absolute Gasteiger partial charge is 0.492 e. The summed E-state index contributed by atoms with van der Waals surface area (Å²) in [6.45, 7) is 2.63. The number of hydrogen-bond acceptors (Lipinski definition) is 3. The van der Waals surface area contributed by atoms with Crippen LogP contribution in [0.1, 0.15) is 12.6 Å². The number of ether oxygens (including phenoxy) is 1. The van der Waals surface area contributed by atoms with Crippen LogP contribution in [0.4, 0.5) is 14.9 Å². The smallest absolute Gasteiger partial charge is 0.319 e. The number of benzene rings is 1. The van der Waals surface area contributed by atoms with Gasteiger partial charge in [-0.2, -0.15) is 0 Å². The van der Waals surface area contributed by atoms with Crippen molar-refractivity contribution < 1.29 is 13.9 Å². The number of carbonyl (C=O) groups is 1. The third kappa shape index (κ3) is 4.73. The van der Waals surface area contributed by atoms with Crippen LogP contribution in [-0.4, -0.2) is 24.2 Å². The molecule has 1 heterocycles. The highest BCUT2D eigenvalue weighted by molar-refractivity contribution is 5.90. The van der Waals surface area contributed by atoms with Crippen LogP contribution in [0, 0.1) is 5.82 Å². The molecule has 5 nitrogen and oxygen atoms in total. The molecule has 0 aliphatic rings. The topological polar surface area (TPSA) is 63.2 Å². The molecule has 2 rings (SSSR count). The highest BCUT2D eigenvalue weighted by Crippen LogP contribution is 2.25. The summed E-state index contributed by atoms with van der Waals surface area (Å²) in [6, 6.07) is 9.25. The molecule has 0 bridgehead atoms. The Hall–Kier alpha value is -2.63. The Morgan fingerprint density at radius 1 is 1.32 bits per heavy atom. The number of hydrogen-bond donors (Lipinski definition) is 2. The van der Waals surface area contributed by atoms with Crippen molar-refractivity contribution in [3.63, 3.8) is 0 Å². The summed E-state index contributed by atoms with van der Waals surface area (Å²) in [5.41, 5.74) is 1.33. The second kappa shape index (κ2) is 7.97. The van der Waals surface area contributed by atoms with Gasteiger partial charge in [-0.3, -0.25) is 4.98 Å². The van der Waals surface area contributed by atoms with E-state index in [-0.39, 0.29) is 6.03 Å². The summed E-state index contributed by atoms with van der Waals surface area (Å²) in [4.78, 5) is 16.0. The van der Waals surface area contributed by atoms with Crippen LogP contribution in [-0.2, 0) is 6.42 Å². The van der Waals surface area contributed by atoms with E-state index in [2.05, 4.69) is 15.6 Å². The standard InChI is InChI=1S/C16H18FN3O2/c1-2-22-15-11-12(17)6-7-14(15)20-16(21)19-10-8-13-5-3-4-9-18-13/h3-7,9,11H,2,8,10H2,1H3,(H2,19,20,21). The number of nitrogens with zero attached hydrogens (tertiary/aromatic N) is 1. The van der Waals surface area contributed by atoms with Gasteiger partial charge in [-0.05, 0) is 31.2 Å². The van der Waals surface area contributed by atoms with Gasteiger partial charge in [-0.15, -0.1) is 0 Å². The highest BCUT2D eigenvalue weighted by atomic mass is 19.1. The van der Waals surface area contributed by atoms with Crippen molar-refractivity contribution in [2.24, 2.45) is 0 Å². The lowest BCUT2D eigenvalue weighted by atomic mass is 10.2. The SMILES string of the molecule is CCOc1cc(F)ccc1NC(=O)NCCc1ccccn1. The summed E-state index contributed by atoms with van der Waals surface area (Å²) in [7, 11) is 0. The number of rotatable bonds is 6. The van der Waals surface area contributed by atoms with Gasteiger partial charge in [0.2, 0.25) is 0 Å². The average molecular weight is 303 g/mol. The Morgan fingerprint density at radius 3 is 2.91 bits per heavy atom. The fourth-order valence-electron chi connectivity index (χ4n) is 1.89. The molecular weight excluding hydrogens is 285 g/mol. The molecule has 0 radical (unpaired) electrons. The third-order valence-electron chi connectivity index (χ3n) is 2.88. The highest BCUT2D eigenvalue weighted by Gasteiger charge is 2.08.